The average Bonchev–Trinajstić information content (AvgIpc) is 3.48. The summed E-state index contributed by atoms with van der Waals surface area (Å²) in [6, 6.07) is 8.26. The van der Waals surface area contributed by atoms with Crippen molar-refractivity contribution in [1.29, 1.82) is 0 Å². The molecule has 210 valence electrons. The lowest BCUT2D eigenvalue weighted by Crippen LogP contribution is -2.47. The Balaban J connectivity index is 0.000000301. The number of carbonyl (C=O) groups excluding carboxylic acids is 1. The van der Waals surface area contributed by atoms with Gasteiger partial charge in [-0.15, -0.1) is 11.3 Å². The molecule has 3 N–H and O–H groups in total. The number of alkyl halides is 6. The average molecular weight is 571 g/mol. The summed E-state index contributed by atoms with van der Waals surface area (Å²) >= 11 is 1.78. The third-order valence-electron chi connectivity index (χ3n) is 5.29. The number of carbonyl (C=O) groups is 3. The predicted octanol–water partition coefficient (Wildman–Crippen LogP) is 3.57. The lowest BCUT2D eigenvalue weighted by Gasteiger charge is -2.32. The smallest absolute Gasteiger partial charge is 0.475 e. The summed E-state index contributed by atoms with van der Waals surface area (Å²) in [6.07, 6.45) is -4.58. The normalized spacial score (nSPS) is 21.2. The lowest BCUT2D eigenvalue weighted by molar-refractivity contribution is -0.193. The third-order valence-corrected chi connectivity index (χ3v) is 6.16. The van der Waals surface area contributed by atoms with E-state index in [2.05, 4.69) is 32.7 Å². The van der Waals surface area contributed by atoms with Crippen molar-refractivity contribution < 1.29 is 55.7 Å². The van der Waals surface area contributed by atoms with Gasteiger partial charge in [-0.1, -0.05) is 6.07 Å². The summed E-state index contributed by atoms with van der Waals surface area (Å²) < 4.78 is 69.5. The van der Waals surface area contributed by atoms with E-state index >= 15 is 0 Å². The molecular formula is C22H23F6N3O6S. The summed E-state index contributed by atoms with van der Waals surface area (Å²) in [4.78, 5) is 38.1. The second-order valence-electron chi connectivity index (χ2n) is 7.98. The van der Waals surface area contributed by atoms with Crippen LogP contribution in [-0.4, -0.2) is 81.6 Å². The number of amides is 1. The fraction of sp³-hybridized carbons (Fsp3) is 0.455. The van der Waals surface area contributed by atoms with Gasteiger partial charge in [-0.3, -0.25) is 14.7 Å². The van der Waals surface area contributed by atoms with Gasteiger partial charge in [-0.05, 0) is 36.4 Å². The third kappa shape index (κ3) is 9.57. The number of thiophene rings is 1. The quantitative estimate of drug-likeness (QED) is 0.476. The number of halogens is 6. The highest BCUT2D eigenvalue weighted by Crippen LogP contribution is 2.31. The Morgan fingerprint density at radius 3 is 2.21 bits per heavy atom. The lowest BCUT2D eigenvalue weighted by atomic mass is 10.0. The summed E-state index contributed by atoms with van der Waals surface area (Å²) in [6.45, 7) is 2.55. The van der Waals surface area contributed by atoms with Gasteiger partial charge in [-0.25, -0.2) is 9.59 Å². The number of hydrogen-bond acceptors (Lipinski definition) is 7. The van der Waals surface area contributed by atoms with Gasteiger partial charge in [0, 0.05) is 43.0 Å². The van der Waals surface area contributed by atoms with E-state index in [1.165, 1.54) is 4.88 Å². The number of pyridine rings is 1. The van der Waals surface area contributed by atoms with Gasteiger partial charge in [0.25, 0.3) is 5.91 Å². The second kappa shape index (κ2) is 13.5. The van der Waals surface area contributed by atoms with Crippen LogP contribution in [0.25, 0.3) is 0 Å². The second-order valence-corrected chi connectivity index (χ2v) is 9.01. The highest BCUT2D eigenvalue weighted by atomic mass is 32.1. The SMILES string of the molecule is O=C(N[C@H]1CN(Cc2cccs2)[C@@H]2CCCO[C@H]12)c1cccnc1.O=C(O)C(F)(F)F.O=C(O)C(F)(F)F. The molecule has 0 saturated carbocycles. The van der Waals surface area contributed by atoms with E-state index in [4.69, 9.17) is 24.5 Å². The number of hydrogen-bond donors (Lipinski definition) is 3. The maximum atomic E-state index is 12.5. The first-order chi connectivity index (χ1) is 17.7. The van der Waals surface area contributed by atoms with Crippen molar-refractivity contribution in [1.82, 2.24) is 15.2 Å². The first-order valence-electron chi connectivity index (χ1n) is 10.9. The molecule has 2 aliphatic heterocycles. The van der Waals surface area contributed by atoms with Crippen LogP contribution in [0, 0.1) is 0 Å². The Hall–Kier alpha value is -3.24. The maximum absolute atomic E-state index is 12.5. The van der Waals surface area contributed by atoms with E-state index in [1.54, 1.807) is 35.9 Å². The summed E-state index contributed by atoms with van der Waals surface area (Å²) in [5.74, 6) is -5.58. The van der Waals surface area contributed by atoms with Gasteiger partial charge >= 0.3 is 24.3 Å². The largest absolute Gasteiger partial charge is 0.490 e. The van der Waals surface area contributed by atoms with Gasteiger partial charge in [-0.2, -0.15) is 26.3 Å². The van der Waals surface area contributed by atoms with Gasteiger partial charge in [0.05, 0.1) is 17.7 Å². The number of aliphatic carboxylic acids is 2. The maximum Gasteiger partial charge on any atom is 0.490 e. The number of ether oxygens (including phenoxy) is 1. The van der Waals surface area contributed by atoms with Crippen LogP contribution in [0.5, 0.6) is 0 Å². The molecule has 0 aliphatic carbocycles. The highest BCUT2D eigenvalue weighted by Gasteiger charge is 2.44. The fourth-order valence-corrected chi connectivity index (χ4v) is 4.44. The Morgan fingerprint density at radius 1 is 1.08 bits per heavy atom. The van der Waals surface area contributed by atoms with Crippen molar-refractivity contribution in [3.63, 3.8) is 0 Å². The van der Waals surface area contributed by atoms with Crippen molar-refractivity contribution in [3.8, 4) is 0 Å². The molecule has 4 heterocycles. The molecular weight excluding hydrogens is 548 g/mol. The monoisotopic (exact) mass is 571 g/mol. The summed E-state index contributed by atoms with van der Waals surface area (Å²) in [5, 5.41) is 19.5. The molecule has 2 aromatic rings. The number of aromatic nitrogens is 1. The minimum absolute atomic E-state index is 0.0305. The standard InChI is InChI=1S/C18H21N3O2S.2C2HF3O2/c22-18(13-4-1-7-19-10-13)20-15-12-21(11-14-5-3-9-24-14)16-6-2-8-23-17(15)16;2*3-2(4,5)1(6)7/h1,3-5,7,9-10,15-17H,2,6,8,11-12H2,(H,20,22);2*(H,6,7)/t15-,16+,17+;;/m0../s1. The fourth-order valence-electron chi connectivity index (χ4n) is 3.71. The zero-order chi connectivity index (χ0) is 28.5. The Morgan fingerprint density at radius 2 is 1.71 bits per heavy atom. The van der Waals surface area contributed by atoms with Gasteiger partial charge < -0.3 is 20.3 Å². The van der Waals surface area contributed by atoms with Crippen LogP contribution in [0.3, 0.4) is 0 Å². The number of fused-ring (bicyclic) bond motifs is 1. The number of nitrogens with zero attached hydrogens (tertiary/aromatic N) is 2. The topological polar surface area (TPSA) is 129 Å². The molecule has 4 rings (SSSR count). The van der Waals surface area contributed by atoms with Crippen molar-refractivity contribution in [2.45, 2.75) is 49.9 Å². The van der Waals surface area contributed by atoms with E-state index in [-0.39, 0.29) is 18.1 Å². The minimum Gasteiger partial charge on any atom is -0.475 e. The molecule has 2 aliphatic rings. The van der Waals surface area contributed by atoms with Crippen molar-refractivity contribution in [2.24, 2.45) is 0 Å². The first-order valence-corrected chi connectivity index (χ1v) is 11.8. The number of rotatable bonds is 4. The first kappa shape index (κ1) is 31.0. The van der Waals surface area contributed by atoms with Crippen LogP contribution in [0.15, 0.2) is 42.0 Å². The van der Waals surface area contributed by atoms with Crippen molar-refractivity contribution >= 4 is 29.2 Å². The molecule has 38 heavy (non-hydrogen) atoms. The number of likely N-dealkylation sites (tertiary alicyclic amines) is 1. The van der Waals surface area contributed by atoms with E-state index < -0.39 is 24.3 Å². The van der Waals surface area contributed by atoms with Gasteiger partial charge in [0.2, 0.25) is 0 Å². The summed E-state index contributed by atoms with van der Waals surface area (Å²) in [5.41, 5.74) is 0.599. The molecule has 2 saturated heterocycles. The molecule has 3 atom stereocenters. The molecule has 2 aromatic heterocycles. The van der Waals surface area contributed by atoms with E-state index in [9.17, 15) is 31.1 Å². The Bertz CT molecular complexity index is 1030. The molecule has 2 fully saturated rings. The molecule has 0 unspecified atom stereocenters. The minimum atomic E-state index is -5.08. The van der Waals surface area contributed by atoms with Gasteiger partial charge in [0.15, 0.2) is 0 Å². The van der Waals surface area contributed by atoms with E-state index in [1.807, 2.05) is 0 Å². The number of carboxylic acid groups (broad SMARTS) is 2. The van der Waals surface area contributed by atoms with Crippen LogP contribution >= 0.6 is 11.3 Å². The van der Waals surface area contributed by atoms with E-state index in [0.29, 0.717) is 11.6 Å². The van der Waals surface area contributed by atoms with E-state index in [0.717, 1.165) is 32.5 Å². The predicted molar refractivity (Wildman–Crippen MR) is 120 cm³/mol. The zero-order valence-corrected chi connectivity index (χ0v) is 20.2. The van der Waals surface area contributed by atoms with Crippen molar-refractivity contribution in [3.05, 3.63) is 52.5 Å². The van der Waals surface area contributed by atoms with Crippen LogP contribution in [-0.2, 0) is 20.9 Å². The Labute approximate surface area is 216 Å². The Kier molecular flexibility index (Phi) is 11.0. The highest BCUT2D eigenvalue weighted by molar-refractivity contribution is 7.09. The molecule has 1 amide bonds. The molecule has 0 aromatic carbocycles. The molecule has 0 bridgehead atoms. The molecule has 0 spiro atoms. The van der Waals surface area contributed by atoms with Crippen molar-refractivity contribution in [2.75, 3.05) is 13.2 Å². The molecule has 9 nitrogen and oxygen atoms in total. The van der Waals surface area contributed by atoms with Crippen LogP contribution in [0.1, 0.15) is 28.1 Å². The van der Waals surface area contributed by atoms with Crippen LogP contribution in [0.2, 0.25) is 0 Å². The number of nitrogens with one attached hydrogen (secondary N) is 1. The van der Waals surface area contributed by atoms with Gasteiger partial charge in [0.1, 0.15) is 0 Å². The summed E-state index contributed by atoms with van der Waals surface area (Å²) in [7, 11) is 0. The van der Waals surface area contributed by atoms with Crippen LogP contribution < -0.4 is 5.32 Å². The van der Waals surface area contributed by atoms with Crippen LogP contribution in [0.4, 0.5) is 26.3 Å². The molecule has 0 radical (unpaired) electrons. The zero-order valence-electron chi connectivity index (χ0n) is 19.4. The number of carboxylic acids is 2. The molecule has 16 heteroatoms.